The van der Waals surface area contributed by atoms with E-state index in [2.05, 4.69) is 31.1 Å². The third kappa shape index (κ3) is 4.04. The van der Waals surface area contributed by atoms with Gasteiger partial charge in [-0.25, -0.2) is 4.98 Å². The standard InChI is InChI=1S/C24H23N3O2S/c1-24(2,3)17-9-11-18(12-10-17)26-20(28)13-27-15-25-22-21(23(27)29)19(14-30-22)16-7-5-4-6-8-16/h4-12,14-15H,13H2,1-3H3,(H,26,28). The zero-order valence-electron chi connectivity index (χ0n) is 17.2. The fourth-order valence-corrected chi connectivity index (χ4v) is 4.23. The molecule has 5 nitrogen and oxygen atoms in total. The Morgan fingerprint density at radius 2 is 1.77 bits per heavy atom. The van der Waals surface area contributed by atoms with Crippen LogP contribution in [0.25, 0.3) is 21.3 Å². The van der Waals surface area contributed by atoms with E-state index >= 15 is 0 Å². The van der Waals surface area contributed by atoms with Crippen LogP contribution >= 0.6 is 11.3 Å². The molecule has 152 valence electrons. The first kappa shape index (κ1) is 20.0. The number of thiophene rings is 1. The normalized spacial score (nSPS) is 11.6. The van der Waals surface area contributed by atoms with Crippen molar-refractivity contribution >= 4 is 33.1 Å². The van der Waals surface area contributed by atoms with Crippen LogP contribution in [-0.4, -0.2) is 15.5 Å². The average Bonchev–Trinajstić information content (AvgIpc) is 3.15. The van der Waals surface area contributed by atoms with Crippen molar-refractivity contribution in [3.8, 4) is 11.1 Å². The fourth-order valence-electron chi connectivity index (χ4n) is 3.32. The van der Waals surface area contributed by atoms with Gasteiger partial charge in [0.05, 0.1) is 11.7 Å². The molecule has 0 saturated heterocycles. The number of benzene rings is 2. The van der Waals surface area contributed by atoms with E-state index in [9.17, 15) is 9.59 Å². The maximum atomic E-state index is 13.1. The van der Waals surface area contributed by atoms with Gasteiger partial charge < -0.3 is 5.32 Å². The van der Waals surface area contributed by atoms with E-state index in [1.54, 1.807) is 0 Å². The highest BCUT2D eigenvalue weighted by Gasteiger charge is 2.16. The third-order valence-corrected chi connectivity index (χ3v) is 5.88. The van der Waals surface area contributed by atoms with Crippen molar-refractivity contribution in [3.05, 3.63) is 82.2 Å². The number of anilines is 1. The molecule has 0 radical (unpaired) electrons. The topological polar surface area (TPSA) is 64.0 Å². The molecule has 1 amide bonds. The van der Waals surface area contributed by atoms with E-state index in [1.165, 1.54) is 27.8 Å². The van der Waals surface area contributed by atoms with E-state index in [-0.39, 0.29) is 23.4 Å². The van der Waals surface area contributed by atoms with Crippen LogP contribution in [0.15, 0.2) is 71.1 Å². The largest absolute Gasteiger partial charge is 0.325 e. The van der Waals surface area contributed by atoms with Crippen molar-refractivity contribution in [2.75, 3.05) is 5.32 Å². The van der Waals surface area contributed by atoms with Crippen LogP contribution in [0.4, 0.5) is 5.69 Å². The maximum Gasteiger partial charge on any atom is 0.263 e. The van der Waals surface area contributed by atoms with Crippen LogP contribution in [0.2, 0.25) is 0 Å². The summed E-state index contributed by atoms with van der Waals surface area (Å²) in [5.41, 5.74) is 3.55. The molecule has 0 atom stereocenters. The molecule has 1 N–H and O–H groups in total. The minimum atomic E-state index is -0.266. The van der Waals surface area contributed by atoms with Crippen LogP contribution in [0, 0.1) is 0 Å². The molecule has 0 saturated carbocycles. The Morgan fingerprint density at radius 3 is 2.43 bits per heavy atom. The van der Waals surface area contributed by atoms with Gasteiger partial charge in [0.1, 0.15) is 11.4 Å². The predicted octanol–water partition coefficient (Wildman–Crippen LogP) is 5.06. The Kier molecular flexibility index (Phi) is 5.26. The molecule has 0 aliphatic rings. The second-order valence-electron chi connectivity index (χ2n) is 8.25. The number of fused-ring (bicyclic) bond motifs is 1. The van der Waals surface area contributed by atoms with Crippen molar-refractivity contribution in [1.82, 2.24) is 9.55 Å². The molecule has 2 aromatic carbocycles. The molecule has 0 unspecified atom stereocenters. The number of nitrogens with one attached hydrogen (secondary N) is 1. The fraction of sp³-hybridized carbons (Fsp3) is 0.208. The first-order valence-corrected chi connectivity index (χ1v) is 10.6. The Balaban J connectivity index is 1.57. The van der Waals surface area contributed by atoms with E-state index in [1.807, 2.05) is 60.0 Å². The number of nitrogens with zero attached hydrogens (tertiary/aromatic N) is 2. The zero-order valence-corrected chi connectivity index (χ0v) is 18.0. The van der Waals surface area contributed by atoms with E-state index in [0.29, 0.717) is 15.9 Å². The Bertz CT molecular complexity index is 1250. The van der Waals surface area contributed by atoms with Crippen LogP contribution in [-0.2, 0) is 16.8 Å². The monoisotopic (exact) mass is 417 g/mol. The minimum absolute atomic E-state index is 0.0495. The smallest absolute Gasteiger partial charge is 0.263 e. The average molecular weight is 418 g/mol. The lowest BCUT2D eigenvalue weighted by atomic mass is 9.87. The predicted molar refractivity (Wildman–Crippen MR) is 123 cm³/mol. The van der Waals surface area contributed by atoms with Crippen LogP contribution in [0.1, 0.15) is 26.3 Å². The van der Waals surface area contributed by atoms with E-state index in [0.717, 1.165) is 11.1 Å². The highest BCUT2D eigenvalue weighted by atomic mass is 32.1. The summed E-state index contributed by atoms with van der Waals surface area (Å²) in [6.07, 6.45) is 1.44. The second-order valence-corrected chi connectivity index (χ2v) is 9.11. The number of aromatic nitrogens is 2. The summed E-state index contributed by atoms with van der Waals surface area (Å²) >= 11 is 1.43. The molecule has 2 aromatic heterocycles. The highest BCUT2D eigenvalue weighted by Crippen LogP contribution is 2.30. The lowest BCUT2D eigenvalue weighted by molar-refractivity contribution is -0.116. The van der Waals surface area contributed by atoms with Gasteiger partial charge in [-0.15, -0.1) is 11.3 Å². The first-order chi connectivity index (χ1) is 14.3. The molecule has 6 heteroatoms. The molecule has 4 aromatic rings. The van der Waals surface area contributed by atoms with E-state index < -0.39 is 0 Å². The van der Waals surface area contributed by atoms with Gasteiger partial charge in [-0.3, -0.25) is 14.2 Å². The lowest BCUT2D eigenvalue weighted by Crippen LogP contribution is -2.27. The zero-order chi connectivity index (χ0) is 21.3. The SMILES string of the molecule is CC(C)(C)c1ccc(NC(=O)Cn2cnc3scc(-c4ccccc4)c3c2=O)cc1. The van der Waals surface area contributed by atoms with Gasteiger partial charge in [-0.2, -0.15) is 0 Å². The Hall–Kier alpha value is -3.25. The molecular weight excluding hydrogens is 394 g/mol. The van der Waals surface area contributed by atoms with Crippen molar-refractivity contribution in [2.45, 2.75) is 32.7 Å². The van der Waals surface area contributed by atoms with Gasteiger partial charge in [0.25, 0.3) is 5.56 Å². The first-order valence-electron chi connectivity index (χ1n) is 9.75. The van der Waals surface area contributed by atoms with Crippen molar-refractivity contribution in [3.63, 3.8) is 0 Å². The number of carbonyl (C=O) groups is 1. The summed E-state index contributed by atoms with van der Waals surface area (Å²) in [4.78, 5) is 30.7. The molecule has 0 aliphatic heterocycles. The summed E-state index contributed by atoms with van der Waals surface area (Å²) in [5.74, 6) is -0.266. The quantitative estimate of drug-likeness (QED) is 0.505. The molecule has 30 heavy (non-hydrogen) atoms. The Labute approximate surface area is 179 Å². The molecule has 0 aliphatic carbocycles. The Morgan fingerprint density at radius 1 is 1.07 bits per heavy atom. The second kappa shape index (κ2) is 7.88. The number of amides is 1. The van der Waals surface area contributed by atoms with Gasteiger partial charge in [0.2, 0.25) is 5.91 Å². The number of rotatable bonds is 4. The van der Waals surface area contributed by atoms with Crippen LogP contribution in [0.3, 0.4) is 0 Å². The van der Waals surface area contributed by atoms with Crippen molar-refractivity contribution < 1.29 is 4.79 Å². The molecule has 4 rings (SSSR count). The van der Waals surface area contributed by atoms with E-state index in [4.69, 9.17) is 0 Å². The summed E-state index contributed by atoms with van der Waals surface area (Å²) in [7, 11) is 0. The van der Waals surface area contributed by atoms with Gasteiger partial charge in [0.15, 0.2) is 0 Å². The van der Waals surface area contributed by atoms with Gasteiger partial charge in [-0.1, -0.05) is 63.2 Å². The summed E-state index contributed by atoms with van der Waals surface area (Å²) in [6.45, 7) is 6.34. The summed E-state index contributed by atoms with van der Waals surface area (Å²) < 4.78 is 1.36. The van der Waals surface area contributed by atoms with Gasteiger partial charge >= 0.3 is 0 Å². The molecule has 0 fully saturated rings. The summed E-state index contributed by atoms with van der Waals surface area (Å²) in [6, 6.07) is 17.5. The molecule has 0 bridgehead atoms. The highest BCUT2D eigenvalue weighted by molar-refractivity contribution is 7.17. The third-order valence-electron chi connectivity index (χ3n) is 4.99. The van der Waals surface area contributed by atoms with Crippen molar-refractivity contribution in [2.24, 2.45) is 0 Å². The molecular formula is C24H23N3O2S. The number of carbonyl (C=O) groups excluding carboxylic acids is 1. The maximum absolute atomic E-state index is 13.1. The number of hydrogen-bond donors (Lipinski definition) is 1. The van der Waals surface area contributed by atoms with Crippen LogP contribution < -0.4 is 10.9 Å². The number of hydrogen-bond acceptors (Lipinski definition) is 4. The summed E-state index contributed by atoms with van der Waals surface area (Å²) in [5, 5.41) is 5.35. The van der Waals surface area contributed by atoms with Gasteiger partial charge in [-0.05, 0) is 28.7 Å². The van der Waals surface area contributed by atoms with Crippen molar-refractivity contribution in [1.29, 1.82) is 0 Å². The van der Waals surface area contributed by atoms with Gasteiger partial charge in [0, 0.05) is 16.6 Å². The lowest BCUT2D eigenvalue weighted by Gasteiger charge is -2.19. The van der Waals surface area contributed by atoms with Crippen LogP contribution in [0.5, 0.6) is 0 Å². The molecule has 2 heterocycles. The molecule has 0 spiro atoms. The minimum Gasteiger partial charge on any atom is -0.325 e.